The summed E-state index contributed by atoms with van der Waals surface area (Å²) in [6, 6.07) is 2.50. The fraction of sp³-hybridized carbons (Fsp3) is 0.556. The Morgan fingerprint density at radius 3 is 2.77 bits per heavy atom. The van der Waals surface area contributed by atoms with Gasteiger partial charge in [-0.05, 0) is 19.3 Å². The summed E-state index contributed by atoms with van der Waals surface area (Å²) in [5, 5.41) is 3.32. The molecule has 1 aromatic heterocycles. The minimum absolute atomic E-state index is 0.343. The van der Waals surface area contributed by atoms with Crippen LogP contribution in [-0.4, -0.2) is 16.0 Å². The fourth-order valence-corrected chi connectivity index (χ4v) is 1.38. The van der Waals surface area contributed by atoms with Gasteiger partial charge in [0, 0.05) is 17.8 Å². The average Bonchev–Trinajstić information content (AvgIpc) is 2.63. The van der Waals surface area contributed by atoms with Crippen molar-refractivity contribution >= 4 is 11.8 Å². The van der Waals surface area contributed by atoms with E-state index in [4.69, 9.17) is 5.73 Å². The molecule has 1 heterocycles. The quantitative estimate of drug-likeness (QED) is 0.714. The van der Waals surface area contributed by atoms with E-state index < -0.39 is 0 Å². The molecule has 1 fully saturated rings. The number of nitrogens with zero attached hydrogens (tertiary/aromatic N) is 2. The van der Waals surface area contributed by atoms with Crippen LogP contribution in [-0.2, 0) is 0 Å². The van der Waals surface area contributed by atoms with Gasteiger partial charge >= 0.3 is 0 Å². The largest absolute Gasteiger partial charge is 0.368 e. The Kier molecular flexibility index (Phi) is 1.83. The zero-order valence-corrected chi connectivity index (χ0v) is 7.91. The van der Waals surface area contributed by atoms with E-state index in [2.05, 4.69) is 22.2 Å². The number of nitrogen functional groups attached to an aromatic ring is 1. The van der Waals surface area contributed by atoms with Crippen molar-refractivity contribution in [1.29, 1.82) is 0 Å². The zero-order valence-electron chi connectivity index (χ0n) is 7.91. The van der Waals surface area contributed by atoms with E-state index in [1.54, 1.807) is 0 Å². The summed E-state index contributed by atoms with van der Waals surface area (Å²) in [5.41, 5.74) is 6.43. The summed E-state index contributed by atoms with van der Waals surface area (Å²) < 4.78 is 0. The van der Waals surface area contributed by atoms with Crippen LogP contribution in [0.15, 0.2) is 6.07 Å². The maximum atomic E-state index is 5.53. The van der Waals surface area contributed by atoms with Crippen molar-refractivity contribution in [1.82, 2.24) is 9.97 Å². The lowest BCUT2D eigenvalue weighted by Crippen LogP contribution is -2.07. The molecule has 1 aromatic rings. The van der Waals surface area contributed by atoms with Crippen LogP contribution in [0.1, 0.15) is 19.0 Å². The highest BCUT2D eigenvalue weighted by Gasteiger charge is 2.32. The second-order valence-electron chi connectivity index (χ2n) is 3.72. The van der Waals surface area contributed by atoms with Crippen molar-refractivity contribution < 1.29 is 0 Å². The van der Waals surface area contributed by atoms with Crippen LogP contribution in [0.2, 0.25) is 0 Å². The van der Waals surface area contributed by atoms with Gasteiger partial charge in [-0.15, -0.1) is 0 Å². The minimum Gasteiger partial charge on any atom is -0.368 e. The average molecular weight is 178 g/mol. The van der Waals surface area contributed by atoms with E-state index in [-0.39, 0.29) is 0 Å². The zero-order chi connectivity index (χ0) is 9.42. The van der Waals surface area contributed by atoms with Gasteiger partial charge < -0.3 is 11.1 Å². The number of nitrogens with one attached hydrogen (secondary N) is 1. The van der Waals surface area contributed by atoms with Gasteiger partial charge in [-0.2, -0.15) is 4.98 Å². The van der Waals surface area contributed by atoms with Crippen molar-refractivity contribution in [2.24, 2.45) is 5.92 Å². The molecule has 2 atom stereocenters. The van der Waals surface area contributed by atoms with E-state index >= 15 is 0 Å². The lowest BCUT2D eigenvalue weighted by Gasteiger charge is -2.05. The first-order valence-electron chi connectivity index (χ1n) is 4.53. The Bertz CT molecular complexity index is 303. The van der Waals surface area contributed by atoms with Gasteiger partial charge in [-0.3, -0.25) is 0 Å². The van der Waals surface area contributed by atoms with Gasteiger partial charge in [0.15, 0.2) is 0 Å². The van der Waals surface area contributed by atoms with Crippen LogP contribution in [0.4, 0.5) is 11.8 Å². The van der Waals surface area contributed by atoms with E-state index in [1.807, 2.05) is 13.0 Å². The molecule has 3 N–H and O–H groups in total. The lowest BCUT2D eigenvalue weighted by atomic mass is 10.4. The van der Waals surface area contributed by atoms with Gasteiger partial charge in [0.2, 0.25) is 5.95 Å². The Hall–Kier alpha value is -1.32. The number of nitrogens with two attached hydrogens (primary N) is 1. The minimum atomic E-state index is 0.343. The van der Waals surface area contributed by atoms with Crippen LogP contribution < -0.4 is 11.1 Å². The molecule has 0 aliphatic heterocycles. The van der Waals surface area contributed by atoms with Crippen LogP contribution in [0.25, 0.3) is 0 Å². The molecule has 2 unspecified atom stereocenters. The third-order valence-electron chi connectivity index (χ3n) is 2.31. The number of hydrogen-bond acceptors (Lipinski definition) is 4. The Morgan fingerprint density at radius 1 is 1.54 bits per heavy atom. The molecular weight excluding hydrogens is 164 g/mol. The molecule has 2 rings (SSSR count). The number of rotatable bonds is 2. The van der Waals surface area contributed by atoms with E-state index in [0.29, 0.717) is 12.0 Å². The second-order valence-corrected chi connectivity index (χ2v) is 3.72. The van der Waals surface area contributed by atoms with Crippen LogP contribution in [0.3, 0.4) is 0 Å². The molecule has 13 heavy (non-hydrogen) atoms. The topological polar surface area (TPSA) is 63.8 Å². The fourth-order valence-electron chi connectivity index (χ4n) is 1.38. The summed E-state index contributed by atoms with van der Waals surface area (Å²) >= 11 is 0. The summed E-state index contributed by atoms with van der Waals surface area (Å²) in [6.07, 6.45) is 1.23. The molecular formula is C9H14N4. The number of anilines is 2. The molecule has 0 amide bonds. The lowest BCUT2D eigenvalue weighted by molar-refractivity contribution is 0.921. The highest BCUT2D eigenvalue weighted by atomic mass is 15.1. The van der Waals surface area contributed by atoms with Gasteiger partial charge in [0.1, 0.15) is 5.82 Å². The molecule has 1 aliphatic rings. The highest BCUT2D eigenvalue weighted by molar-refractivity contribution is 5.42. The Morgan fingerprint density at radius 2 is 2.23 bits per heavy atom. The van der Waals surface area contributed by atoms with E-state index in [1.165, 1.54) is 6.42 Å². The van der Waals surface area contributed by atoms with Gasteiger partial charge in [0.05, 0.1) is 0 Å². The summed E-state index contributed by atoms with van der Waals surface area (Å²) in [5.74, 6) is 1.95. The molecule has 0 radical (unpaired) electrons. The monoisotopic (exact) mass is 178 g/mol. The van der Waals surface area contributed by atoms with Gasteiger partial charge in [-0.1, -0.05) is 6.92 Å². The van der Waals surface area contributed by atoms with Gasteiger partial charge in [0.25, 0.3) is 0 Å². The third-order valence-corrected chi connectivity index (χ3v) is 2.31. The van der Waals surface area contributed by atoms with Gasteiger partial charge in [-0.25, -0.2) is 4.98 Å². The number of aryl methyl sites for hydroxylation is 1. The number of aromatic nitrogens is 2. The first kappa shape index (κ1) is 8.29. The Balaban J connectivity index is 2.11. The first-order chi connectivity index (χ1) is 6.15. The highest BCUT2D eigenvalue weighted by Crippen LogP contribution is 2.32. The van der Waals surface area contributed by atoms with Crippen LogP contribution in [0.5, 0.6) is 0 Å². The van der Waals surface area contributed by atoms with Crippen molar-refractivity contribution in [3.8, 4) is 0 Å². The predicted octanol–water partition coefficient (Wildman–Crippen LogP) is 1.19. The van der Waals surface area contributed by atoms with E-state index in [0.717, 1.165) is 17.4 Å². The van der Waals surface area contributed by atoms with Crippen LogP contribution >= 0.6 is 0 Å². The van der Waals surface area contributed by atoms with Crippen LogP contribution in [0, 0.1) is 12.8 Å². The molecule has 0 saturated heterocycles. The molecule has 0 spiro atoms. The number of hydrogen-bond donors (Lipinski definition) is 2. The summed E-state index contributed by atoms with van der Waals surface area (Å²) in [4.78, 5) is 8.11. The van der Waals surface area contributed by atoms with E-state index in [9.17, 15) is 0 Å². The predicted molar refractivity (Wildman–Crippen MR) is 52.4 cm³/mol. The molecule has 1 aliphatic carbocycles. The van der Waals surface area contributed by atoms with Crippen molar-refractivity contribution in [3.63, 3.8) is 0 Å². The summed E-state index contributed by atoms with van der Waals surface area (Å²) in [6.45, 7) is 4.13. The molecule has 1 saturated carbocycles. The van der Waals surface area contributed by atoms with Crippen molar-refractivity contribution in [2.75, 3.05) is 11.1 Å². The third kappa shape index (κ3) is 1.88. The molecule has 0 bridgehead atoms. The summed E-state index contributed by atoms with van der Waals surface area (Å²) in [7, 11) is 0. The van der Waals surface area contributed by atoms with Crippen molar-refractivity contribution in [3.05, 3.63) is 11.8 Å². The molecule has 4 nitrogen and oxygen atoms in total. The Labute approximate surface area is 77.6 Å². The maximum Gasteiger partial charge on any atom is 0.222 e. The smallest absolute Gasteiger partial charge is 0.222 e. The maximum absolute atomic E-state index is 5.53. The SMILES string of the molecule is Cc1cc(NC2CC2C)nc(N)n1. The first-order valence-corrected chi connectivity index (χ1v) is 4.53. The molecule has 70 valence electrons. The van der Waals surface area contributed by atoms with Crippen molar-refractivity contribution in [2.45, 2.75) is 26.3 Å². The molecule has 4 heteroatoms. The second kappa shape index (κ2) is 2.87. The normalized spacial score (nSPS) is 25.7. The standard InChI is InChI=1S/C9H14N4/c1-5-3-7(5)12-8-4-6(2)11-9(10)13-8/h4-5,7H,3H2,1-2H3,(H3,10,11,12,13). The molecule has 0 aromatic carbocycles.